The number of nitrogens with zero attached hydrogens (tertiary/aromatic N) is 1. The fourth-order valence-corrected chi connectivity index (χ4v) is 11.7. The van der Waals surface area contributed by atoms with Gasteiger partial charge >= 0.3 is 6.09 Å². The average Bonchev–Trinajstić information content (AvgIpc) is 4.23. The minimum atomic E-state index is -1.36. The SMILES string of the molecule is O=C(NC1CC1)C(=O)[C@H](C[C@@H]1CCNC1=O)NC(=O)[C@H](CC1CCCCC1)OC(=O)N(C(c1cccc(Cl)c1)C1(c2cccc(Cl)c2)CC1)C(c1cccc(Cl)c1)C1(c2cccc(Cl)c2)CC1. The van der Waals surface area contributed by atoms with Crippen LogP contribution in [0.3, 0.4) is 0 Å². The molecule has 4 aromatic carbocycles. The molecule has 1 heterocycles. The molecule has 1 aliphatic heterocycles. The van der Waals surface area contributed by atoms with Gasteiger partial charge in [-0.15, -0.1) is 0 Å². The van der Waals surface area contributed by atoms with Crippen LogP contribution in [0.4, 0.5) is 4.79 Å². The molecular formula is C53H56Cl4N4O6. The van der Waals surface area contributed by atoms with Gasteiger partial charge in [0, 0.05) is 49.4 Å². The second-order valence-electron chi connectivity index (χ2n) is 19.5. The monoisotopic (exact) mass is 984 g/mol. The van der Waals surface area contributed by atoms with E-state index in [1.165, 1.54) is 0 Å². The van der Waals surface area contributed by atoms with Gasteiger partial charge in [-0.2, -0.15) is 0 Å². The predicted molar refractivity (Wildman–Crippen MR) is 260 cm³/mol. The zero-order chi connectivity index (χ0) is 46.9. The highest BCUT2D eigenvalue weighted by Crippen LogP contribution is 2.66. The van der Waals surface area contributed by atoms with E-state index in [1.54, 1.807) is 12.1 Å². The Kier molecular flexibility index (Phi) is 14.3. The van der Waals surface area contributed by atoms with Crippen LogP contribution in [0.1, 0.15) is 124 Å². The van der Waals surface area contributed by atoms with Crippen LogP contribution in [0, 0.1) is 11.8 Å². The molecule has 2 unspecified atom stereocenters. The Morgan fingerprint density at radius 1 is 0.672 bits per heavy atom. The molecular weight excluding hydrogens is 930 g/mol. The lowest BCUT2D eigenvalue weighted by Crippen LogP contribution is -2.53. The maximum Gasteiger partial charge on any atom is 0.411 e. The highest BCUT2D eigenvalue weighted by atomic mass is 35.5. The summed E-state index contributed by atoms with van der Waals surface area (Å²) >= 11 is 27.2. The zero-order valence-electron chi connectivity index (χ0n) is 37.3. The summed E-state index contributed by atoms with van der Waals surface area (Å²) in [4.78, 5) is 73.3. The number of nitrogens with one attached hydrogen (secondary N) is 3. The summed E-state index contributed by atoms with van der Waals surface area (Å²) in [5.74, 6) is -3.11. The molecule has 4 amide bonds. The molecule has 10 nitrogen and oxygen atoms in total. The van der Waals surface area contributed by atoms with Gasteiger partial charge in [0.05, 0.1) is 18.1 Å². The van der Waals surface area contributed by atoms with Gasteiger partial charge < -0.3 is 20.7 Å². The summed E-state index contributed by atoms with van der Waals surface area (Å²) in [6, 6.07) is 27.7. The molecule has 5 atom stereocenters. The van der Waals surface area contributed by atoms with Crippen molar-refractivity contribution in [3.05, 3.63) is 139 Å². The Balaban J connectivity index is 1.18. The Morgan fingerprint density at radius 3 is 1.66 bits per heavy atom. The Labute approximate surface area is 412 Å². The maximum absolute atomic E-state index is 16.2. The molecule has 0 aromatic heterocycles. The zero-order valence-corrected chi connectivity index (χ0v) is 40.3. The first-order chi connectivity index (χ1) is 32.3. The third-order valence-corrected chi connectivity index (χ3v) is 15.7. The standard InChI is InChI=1S/C53H56Cl4N4O6/c54-38-14-4-10-33(27-38)46(52(21-22-52)36-12-6-16-40(56)30-36)61(47(34-11-5-15-39(55)28-34)53(23-24-53)37-13-7-17-41(57)31-37)51(66)67-44(26-32-8-2-1-3-9-32)49(64)60-43(29-35-20-25-58-48(35)63)45(62)50(65)59-42-18-19-42/h4-7,10-17,27-28,30-32,35,42-44,46-47H,1-3,8-9,18-26,29H2,(H,58,63)(H,59,65)(H,60,64)/t35-,43-,44-,46?,47?/m0/s1. The van der Waals surface area contributed by atoms with E-state index in [1.807, 2.05) is 89.8 Å². The number of rotatable bonds is 18. The van der Waals surface area contributed by atoms with Gasteiger partial charge in [0.1, 0.15) is 0 Å². The van der Waals surface area contributed by atoms with Crippen molar-refractivity contribution < 1.29 is 28.7 Å². The molecule has 5 aliphatic rings. The molecule has 4 aromatic rings. The number of amides is 4. The Bertz CT molecular complexity index is 2410. The summed E-state index contributed by atoms with van der Waals surface area (Å²) < 4.78 is 6.78. The van der Waals surface area contributed by atoms with Crippen molar-refractivity contribution in [2.45, 2.75) is 131 Å². The quantitative estimate of drug-likeness (QED) is 0.0850. The van der Waals surface area contributed by atoms with E-state index in [0.29, 0.717) is 58.7 Å². The van der Waals surface area contributed by atoms with Crippen LogP contribution in [-0.2, 0) is 34.7 Å². The smallest absolute Gasteiger partial charge is 0.411 e. The van der Waals surface area contributed by atoms with Crippen LogP contribution in [0.5, 0.6) is 0 Å². The maximum atomic E-state index is 16.2. The molecule has 0 spiro atoms. The number of ether oxygens (including phenoxy) is 1. The van der Waals surface area contributed by atoms with E-state index in [2.05, 4.69) is 16.0 Å². The molecule has 14 heteroatoms. The number of halogens is 4. The minimum Gasteiger partial charge on any atom is -0.436 e. The van der Waals surface area contributed by atoms with Gasteiger partial charge in [0.15, 0.2) is 6.10 Å². The fourth-order valence-electron chi connectivity index (χ4n) is 10.9. The molecule has 67 heavy (non-hydrogen) atoms. The van der Waals surface area contributed by atoms with E-state index < -0.39 is 64.7 Å². The molecule has 9 rings (SSSR count). The molecule has 0 bridgehead atoms. The molecule has 4 saturated carbocycles. The summed E-state index contributed by atoms with van der Waals surface area (Å²) in [7, 11) is 0. The van der Waals surface area contributed by atoms with Gasteiger partial charge in [-0.1, -0.05) is 127 Å². The third kappa shape index (κ3) is 10.7. The Morgan fingerprint density at radius 2 is 1.19 bits per heavy atom. The van der Waals surface area contributed by atoms with Crippen molar-refractivity contribution >= 4 is 76.0 Å². The van der Waals surface area contributed by atoms with E-state index in [0.717, 1.165) is 67.2 Å². The number of benzene rings is 4. The largest absolute Gasteiger partial charge is 0.436 e. The van der Waals surface area contributed by atoms with Crippen LogP contribution < -0.4 is 16.0 Å². The highest BCUT2D eigenvalue weighted by molar-refractivity contribution is 6.38. The molecule has 352 valence electrons. The van der Waals surface area contributed by atoms with E-state index in [-0.39, 0.29) is 30.7 Å². The first-order valence-electron chi connectivity index (χ1n) is 23.8. The molecule has 3 N–H and O–H groups in total. The summed E-state index contributed by atoms with van der Waals surface area (Å²) in [6.45, 7) is 0.430. The van der Waals surface area contributed by atoms with Crippen molar-refractivity contribution in [1.29, 1.82) is 0 Å². The number of carbonyl (C=O) groups is 5. The van der Waals surface area contributed by atoms with Gasteiger partial charge in [0.2, 0.25) is 11.7 Å². The van der Waals surface area contributed by atoms with Gasteiger partial charge in [-0.25, -0.2) is 4.79 Å². The summed E-state index contributed by atoms with van der Waals surface area (Å²) in [6.07, 6.45) is 7.51. The third-order valence-electron chi connectivity index (χ3n) is 14.8. The average molecular weight is 987 g/mol. The van der Waals surface area contributed by atoms with Crippen LogP contribution in [-0.4, -0.2) is 59.2 Å². The lowest BCUT2D eigenvalue weighted by atomic mass is 9.77. The van der Waals surface area contributed by atoms with Crippen LogP contribution >= 0.6 is 46.4 Å². The number of hydrogen-bond donors (Lipinski definition) is 3. The van der Waals surface area contributed by atoms with E-state index >= 15 is 9.59 Å². The van der Waals surface area contributed by atoms with Crippen LogP contribution in [0.25, 0.3) is 0 Å². The normalized spacial score (nSPS) is 21.2. The van der Waals surface area contributed by atoms with Gasteiger partial charge in [0.25, 0.3) is 11.8 Å². The summed E-state index contributed by atoms with van der Waals surface area (Å²) in [5.41, 5.74) is 2.10. The highest BCUT2D eigenvalue weighted by Gasteiger charge is 2.62. The molecule has 0 radical (unpaired) electrons. The first-order valence-corrected chi connectivity index (χ1v) is 25.3. The van der Waals surface area contributed by atoms with Crippen molar-refractivity contribution in [3.8, 4) is 0 Å². The Hall–Kier alpha value is -4.61. The van der Waals surface area contributed by atoms with Crippen molar-refractivity contribution in [2.75, 3.05) is 6.54 Å². The van der Waals surface area contributed by atoms with Crippen molar-refractivity contribution in [2.24, 2.45) is 11.8 Å². The predicted octanol–water partition coefficient (Wildman–Crippen LogP) is 11.2. The second kappa shape index (κ2) is 20.2. The molecule has 1 saturated heterocycles. The van der Waals surface area contributed by atoms with Crippen LogP contribution in [0.2, 0.25) is 20.1 Å². The minimum absolute atomic E-state index is 0.0496. The van der Waals surface area contributed by atoms with Crippen molar-refractivity contribution in [1.82, 2.24) is 20.9 Å². The number of Topliss-reactive ketones (excluding diaryl/α,β-unsaturated/α-hetero) is 1. The van der Waals surface area contributed by atoms with Gasteiger partial charge in [-0.3, -0.25) is 24.1 Å². The van der Waals surface area contributed by atoms with Crippen molar-refractivity contribution in [3.63, 3.8) is 0 Å². The second-order valence-corrected chi connectivity index (χ2v) is 21.2. The molecule has 4 aliphatic carbocycles. The van der Waals surface area contributed by atoms with Gasteiger partial charge in [-0.05, 0) is 134 Å². The summed E-state index contributed by atoms with van der Waals surface area (Å²) in [5, 5.41) is 10.5. The molecule has 5 fully saturated rings. The van der Waals surface area contributed by atoms with E-state index in [4.69, 9.17) is 51.1 Å². The first kappa shape index (κ1) is 47.5. The topological polar surface area (TPSA) is 134 Å². The lowest BCUT2D eigenvalue weighted by molar-refractivity contribution is -0.142. The number of carbonyl (C=O) groups excluding carboxylic acids is 5. The fraction of sp³-hybridized carbons (Fsp3) is 0.453. The van der Waals surface area contributed by atoms with Crippen LogP contribution in [0.15, 0.2) is 97.1 Å². The number of ketones is 1. The van der Waals surface area contributed by atoms with E-state index in [9.17, 15) is 14.4 Å². The number of hydrogen-bond acceptors (Lipinski definition) is 6. The lowest BCUT2D eigenvalue weighted by Gasteiger charge is -2.46.